The molecule has 2 heterocycles. The standard InChI is InChI=1S/C17H18ClNO4/c1-21-11-5-6-14(22-2)12(10-11)13-4-3-9-19(13)17(20)15-7-8-16(18)23-15/h5-8,10,13H,3-4,9H2,1-2H3. The molecule has 1 aliphatic heterocycles. The van der Waals surface area contributed by atoms with E-state index in [2.05, 4.69) is 0 Å². The first-order valence-corrected chi connectivity index (χ1v) is 7.80. The zero-order valence-corrected chi connectivity index (χ0v) is 13.8. The Morgan fingerprint density at radius 2 is 2.09 bits per heavy atom. The lowest BCUT2D eigenvalue weighted by atomic mass is 10.0. The van der Waals surface area contributed by atoms with Gasteiger partial charge in [-0.3, -0.25) is 4.79 Å². The van der Waals surface area contributed by atoms with Crippen LogP contribution >= 0.6 is 11.6 Å². The van der Waals surface area contributed by atoms with E-state index in [1.54, 1.807) is 31.3 Å². The summed E-state index contributed by atoms with van der Waals surface area (Å²) in [6, 6.07) is 8.73. The normalized spacial score (nSPS) is 17.3. The minimum absolute atomic E-state index is 0.0728. The molecule has 3 rings (SSSR count). The number of furan rings is 1. The van der Waals surface area contributed by atoms with E-state index in [-0.39, 0.29) is 22.9 Å². The molecule has 1 aliphatic rings. The summed E-state index contributed by atoms with van der Waals surface area (Å²) >= 11 is 5.78. The molecule has 1 fully saturated rings. The van der Waals surface area contributed by atoms with Crippen molar-refractivity contribution in [3.63, 3.8) is 0 Å². The van der Waals surface area contributed by atoms with Crippen LogP contribution in [0.2, 0.25) is 5.22 Å². The van der Waals surface area contributed by atoms with Gasteiger partial charge in [0.15, 0.2) is 11.0 Å². The van der Waals surface area contributed by atoms with Gasteiger partial charge in [0.25, 0.3) is 5.91 Å². The maximum absolute atomic E-state index is 12.7. The predicted molar refractivity (Wildman–Crippen MR) is 86.3 cm³/mol. The number of hydrogen-bond acceptors (Lipinski definition) is 4. The number of nitrogens with zero attached hydrogens (tertiary/aromatic N) is 1. The molecule has 0 spiro atoms. The molecule has 1 atom stereocenters. The van der Waals surface area contributed by atoms with Gasteiger partial charge in [0.05, 0.1) is 20.3 Å². The van der Waals surface area contributed by atoms with Crippen molar-refractivity contribution in [2.45, 2.75) is 18.9 Å². The third-order valence-electron chi connectivity index (χ3n) is 4.09. The van der Waals surface area contributed by atoms with E-state index >= 15 is 0 Å². The molecule has 1 amide bonds. The molecule has 5 nitrogen and oxygen atoms in total. The van der Waals surface area contributed by atoms with Crippen LogP contribution in [-0.2, 0) is 0 Å². The van der Waals surface area contributed by atoms with Crippen LogP contribution in [0, 0.1) is 0 Å². The topological polar surface area (TPSA) is 51.9 Å². The van der Waals surface area contributed by atoms with Crippen molar-refractivity contribution in [1.29, 1.82) is 0 Å². The molecule has 0 bridgehead atoms. The lowest BCUT2D eigenvalue weighted by Gasteiger charge is -2.26. The maximum atomic E-state index is 12.7. The molecular weight excluding hydrogens is 318 g/mol. The molecule has 1 saturated heterocycles. The predicted octanol–water partition coefficient (Wildman–Crippen LogP) is 3.93. The number of halogens is 1. The van der Waals surface area contributed by atoms with Crippen LogP contribution in [0.5, 0.6) is 11.5 Å². The highest BCUT2D eigenvalue weighted by Crippen LogP contribution is 2.39. The highest BCUT2D eigenvalue weighted by molar-refractivity contribution is 6.29. The SMILES string of the molecule is COc1ccc(OC)c(C2CCCN2C(=O)c2ccc(Cl)o2)c1. The van der Waals surface area contributed by atoms with Gasteiger partial charge in [-0.05, 0) is 54.8 Å². The number of amides is 1. The molecule has 0 radical (unpaired) electrons. The summed E-state index contributed by atoms with van der Waals surface area (Å²) in [5.41, 5.74) is 0.940. The average molecular weight is 336 g/mol. The maximum Gasteiger partial charge on any atom is 0.290 e. The number of likely N-dealkylation sites (tertiary alicyclic amines) is 1. The van der Waals surface area contributed by atoms with Gasteiger partial charge in [0, 0.05) is 12.1 Å². The lowest BCUT2D eigenvalue weighted by molar-refractivity contribution is 0.0701. The second-order valence-corrected chi connectivity index (χ2v) is 5.74. The van der Waals surface area contributed by atoms with E-state index in [4.69, 9.17) is 25.5 Å². The van der Waals surface area contributed by atoms with Gasteiger partial charge in [-0.2, -0.15) is 0 Å². The number of rotatable bonds is 4. The molecule has 0 aliphatic carbocycles. The molecule has 1 aromatic heterocycles. The fourth-order valence-electron chi connectivity index (χ4n) is 3.00. The van der Waals surface area contributed by atoms with Gasteiger partial charge >= 0.3 is 0 Å². The van der Waals surface area contributed by atoms with Crippen molar-refractivity contribution in [3.05, 3.63) is 46.9 Å². The summed E-state index contributed by atoms with van der Waals surface area (Å²) < 4.78 is 16.0. The summed E-state index contributed by atoms with van der Waals surface area (Å²) in [6.45, 7) is 0.669. The average Bonchev–Trinajstić information content (AvgIpc) is 3.22. The second kappa shape index (κ2) is 6.54. The van der Waals surface area contributed by atoms with Gasteiger partial charge in [-0.1, -0.05) is 0 Å². The Balaban J connectivity index is 1.94. The first kappa shape index (κ1) is 15.7. The van der Waals surface area contributed by atoms with Crippen molar-refractivity contribution in [2.24, 2.45) is 0 Å². The van der Waals surface area contributed by atoms with Gasteiger partial charge in [0.1, 0.15) is 11.5 Å². The minimum atomic E-state index is -0.163. The summed E-state index contributed by atoms with van der Waals surface area (Å²) in [5, 5.41) is 0.211. The van der Waals surface area contributed by atoms with Crippen LogP contribution in [0.1, 0.15) is 35.0 Å². The Morgan fingerprint density at radius 1 is 1.26 bits per heavy atom. The zero-order valence-electron chi connectivity index (χ0n) is 13.0. The molecule has 1 unspecified atom stereocenters. The van der Waals surface area contributed by atoms with Crippen molar-refractivity contribution in [3.8, 4) is 11.5 Å². The number of methoxy groups -OCH3 is 2. The summed E-state index contributed by atoms with van der Waals surface area (Å²) in [6.07, 6.45) is 1.79. The van der Waals surface area contributed by atoms with Gasteiger partial charge < -0.3 is 18.8 Å². The van der Waals surface area contributed by atoms with Gasteiger partial charge in [-0.15, -0.1) is 0 Å². The second-order valence-electron chi connectivity index (χ2n) is 5.37. The molecule has 6 heteroatoms. The number of carbonyl (C=O) groups is 1. The highest BCUT2D eigenvalue weighted by Gasteiger charge is 2.34. The monoisotopic (exact) mass is 335 g/mol. The fraction of sp³-hybridized carbons (Fsp3) is 0.353. The summed E-state index contributed by atoms with van der Waals surface area (Å²) in [7, 11) is 3.24. The Labute approximate surface area is 139 Å². The molecular formula is C17H18ClNO4. The van der Waals surface area contributed by atoms with Crippen molar-refractivity contribution >= 4 is 17.5 Å². The van der Waals surface area contributed by atoms with Crippen LogP contribution in [-0.4, -0.2) is 31.6 Å². The molecule has 2 aromatic rings. The molecule has 23 heavy (non-hydrogen) atoms. The minimum Gasteiger partial charge on any atom is -0.497 e. The van der Waals surface area contributed by atoms with Crippen molar-refractivity contribution < 1.29 is 18.7 Å². The molecule has 122 valence electrons. The van der Waals surface area contributed by atoms with Gasteiger partial charge in [0.2, 0.25) is 0 Å². The Hall–Kier alpha value is -2.14. The Morgan fingerprint density at radius 3 is 2.74 bits per heavy atom. The van der Waals surface area contributed by atoms with E-state index in [9.17, 15) is 4.79 Å². The molecule has 0 saturated carbocycles. The van der Waals surface area contributed by atoms with Crippen molar-refractivity contribution in [2.75, 3.05) is 20.8 Å². The molecule has 1 aromatic carbocycles. The lowest BCUT2D eigenvalue weighted by Crippen LogP contribution is -2.30. The van der Waals surface area contributed by atoms with E-state index in [0.29, 0.717) is 6.54 Å². The highest BCUT2D eigenvalue weighted by atomic mass is 35.5. The Kier molecular flexibility index (Phi) is 4.48. The first-order valence-electron chi connectivity index (χ1n) is 7.42. The van der Waals surface area contributed by atoms with E-state index in [1.807, 2.05) is 18.2 Å². The van der Waals surface area contributed by atoms with E-state index in [0.717, 1.165) is 29.9 Å². The van der Waals surface area contributed by atoms with Crippen LogP contribution in [0.25, 0.3) is 0 Å². The fourth-order valence-corrected chi connectivity index (χ4v) is 3.15. The van der Waals surface area contributed by atoms with Crippen LogP contribution in [0.3, 0.4) is 0 Å². The number of ether oxygens (including phenoxy) is 2. The van der Waals surface area contributed by atoms with Crippen LogP contribution in [0.4, 0.5) is 0 Å². The number of benzene rings is 1. The van der Waals surface area contributed by atoms with Gasteiger partial charge in [-0.25, -0.2) is 0 Å². The number of hydrogen-bond donors (Lipinski definition) is 0. The summed E-state index contributed by atoms with van der Waals surface area (Å²) in [4.78, 5) is 14.5. The largest absolute Gasteiger partial charge is 0.497 e. The first-order chi connectivity index (χ1) is 11.1. The van der Waals surface area contributed by atoms with E-state index in [1.165, 1.54) is 0 Å². The molecule has 0 N–H and O–H groups in total. The smallest absolute Gasteiger partial charge is 0.290 e. The quantitative estimate of drug-likeness (QED) is 0.849. The zero-order chi connectivity index (χ0) is 16.4. The van der Waals surface area contributed by atoms with Crippen molar-refractivity contribution in [1.82, 2.24) is 4.90 Å². The number of carbonyl (C=O) groups excluding carboxylic acids is 1. The summed E-state index contributed by atoms with van der Waals surface area (Å²) in [5.74, 6) is 1.57. The third-order valence-corrected chi connectivity index (χ3v) is 4.30. The van der Waals surface area contributed by atoms with Crippen LogP contribution in [0.15, 0.2) is 34.7 Å². The Bertz CT molecular complexity index is 712. The third kappa shape index (κ3) is 3.01. The van der Waals surface area contributed by atoms with E-state index < -0.39 is 0 Å². The van der Waals surface area contributed by atoms with Crippen LogP contribution < -0.4 is 9.47 Å².